The van der Waals surface area contributed by atoms with Gasteiger partial charge in [0.25, 0.3) is 0 Å². The summed E-state index contributed by atoms with van der Waals surface area (Å²) >= 11 is 0. The molecule has 1 heteroatoms. The third kappa shape index (κ3) is 4.19. The van der Waals surface area contributed by atoms with Crippen molar-refractivity contribution in [3.05, 3.63) is 65.5 Å². The predicted molar refractivity (Wildman–Crippen MR) is 86.0 cm³/mol. The fourth-order valence-electron chi connectivity index (χ4n) is 2.54. The lowest BCUT2D eigenvalue weighted by atomic mass is 9.86. The van der Waals surface area contributed by atoms with E-state index in [1.807, 2.05) is 12.4 Å². The average Bonchev–Trinajstić information content (AvgIpc) is 2.39. The number of benzene rings is 1. The van der Waals surface area contributed by atoms with Gasteiger partial charge in [0.1, 0.15) is 0 Å². The third-order valence-electron chi connectivity index (χ3n) is 3.74. The molecule has 106 valence electrons. The van der Waals surface area contributed by atoms with Gasteiger partial charge in [0.2, 0.25) is 0 Å². The quantitative estimate of drug-likeness (QED) is 0.775. The summed E-state index contributed by atoms with van der Waals surface area (Å²) in [5.41, 5.74) is 4.45. The zero-order valence-corrected chi connectivity index (χ0v) is 13.1. The van der Waals surface area contributed by atoms with E-state index in [2.05, 4.69) is 69.1 Å². The van der Waals surface area contributed by atoms with Crippen LogP contribution in [0.5, 0.6) is 0 Å². The Morgan fingerprint density at radius 3 is 1.85 bits per heavy atom. The number of pyridine rings is 1. The van der Waals surface area contributed by atoms with Gasteiger partial charge in [-0.25, -0.2) is 0 Å². The van der Waals surface area contributed by atoms with E-state index >= 15 is 0 Å². The number of rotatable bonds is 4. The topological polar surface area (TPSA) is 12.9 Å². The summed E-state index contributed by atoms with van der Waals surface area (Å²) in [6, 6.07) is 13.3. The molecule has 0 bridgehead atoms. The van der Waals surface area contributed by atoms with Crippen LogP contribution in [0.15, 0.2) is 48.8 Å². The minimum absolute atomic E-state index is 0.237. The zero-order valence-electron chi connectivity index (χ0n) is 13.1. The van der Waals surface area contributed by atoms with E-state index in [0.29, 0.717) is 5.92 Å². The molecule has 0 fully saturated rings. The summed E-state index contributed by atoms with van der Waals surface area (Å²) in [5, 5.41) is 0. The molecule has 1 aromatic carbocycles. The minimum Gasteiger partial charge on any atom is -0.265 e. The average molecular weight is 267 g/mol. The predicted octanol–water partition coefficient (Wildman–Crippen LogP) is 4.80. The second kappa shape index (κ2) is 6.21. The first kappa shape index (κ1) is 14.8. The first-order chi connectivity index (χ1) is 9.45. The van der Waals surface area contributed by atoms with Gasteiger partial charge in [-0.05, 0) is 53.0 Å². The number of hydrogen-bond acceptors (Lipinski definition) is 1. The van der Waals surface area contributed by atoms with Crippen LogP contribution in [-0.4, -0.2) is 4.98 Å². The Morgan fingerprint density at radius 2 is 1.35 bits per heavy atom. The summed E-state index contributed by atoms with van der Waals surface area (Å²) in [4.78, 5) is 4.07. The van der Waals surface area contributed by atoms with Gasteiger partial charge in [-0.2, -0.15) is 0 Å². The monoisotopic (exact) mass is 267 g/mol. The molecule has 0 aliphatic rings. The van der Waals surface area contributed by atoms with Crippen LogP contribution in [0.1, 0.15) is 44.4 Å². The van der Waals surface area contributed by atoms with Gasteiger partial charge in [-0.15, -0.1) is 0 Å². The third-order valence-corrected chi connectivity index (χ3v) is 3.74. The fraction of sp³-hybridized carbons (Fsp3) is 0.421. The van der Waals surface area contributed by atoms with Crippen LogP contribution >= 0.6 is 0 Å². The lowest BCUT2D eigenvalue weighted by molar-refractivity contribution is 0.573. The van der Waals surface area contributed by atoms with Crippen LogP contribution in [0.2, 0.25) is 0 Å². The van der Waals surface area contributed by atoms with Crippen LogP contribution in [0.25, 0.3) is 0 Å². The molecular weight excluding hydrogens is 242 g/mol. The van der Waals surface area contributed by atoms with E-state index in [-0.39, 0.29) is 5.41 Å². The molecule has 0 N–H and O–H groups in total. The molecule has 1 unspecified atom stereocenters. The summed E-state index contributed by atoms with van der Waals surface area (Å²) < 4.78 is 0. The molecule has 0 amide bonds. The standard InChI is InChI=1S/C19H25N/c1-15(14-17-9-11-20-12-10-17)13-16-5-7-18(8-6-16)19(2,3)4/h5-12,15H,13-14H2,1-4H3. The molecule has 1 nitrogen and oxygen atoms in total. The van der Waals surface area contributed by atoms with Crippen molar-refractivity contribution in [2.45, 2.75) is 46.0 Å². The van der Waals surface area contributed by atoms with E-state index in [9.17, 15) is 0 Å². The Hall–Kier alpha value is -1.63. The zero-order chi connectivity index (χ0) is 14.6. The van der Waals surface area contributed by atoms with E-state index in [1.54, 1.807) is 0 Å². The largest absolute Gasteiger partial charge is 0.265 e. The first-order valence-electron chi connectivity index (χ1n) is 7.43. The second-order valence-corrected chi connectivity index (χ2v) is 6.82. The van der Waals surface area contributed by atoms with Gasteiger partial charge in [0.15, 0.2) is 0 Å². The summed E-state index contributed by atoms with van der Waals surface area (Å²) in [5.74, 6) is 0.651. The minimum atomic E-state index is 0.237. The molecule has 0 aliphatic heterocycles. The SMILES string of the molecule is CC(Cc1ccncc1)Cc1ccc(C(C)(C)C)cc1. The molecule has 0 saturated carbocycles. The van der Waals surface area contributed by atoms with Crippen molar-refractivity contribution < 1.29 is 0 Å². The van der Waals surface area contributed by atoms with Crippen LogP contribution in [0.4, 0.5) is 0 Å². The molecule has 0 aliphatic carbocycles. The van der Waals surface area contributed by atoms with E-state index < -0.39 is 0 Å². The van der Waals surface area contributed by atoms with Gasteiger partial charge in [-0.3, -0.25) is 4.98 Å². The number of nitrogens with zero attached hydrogens (tertiary/aromatic N) is 1. The molecule has 1 heterocycles. The van der Waals surface area contributed by atoms with Crippen molar-refractivity contribution in [2.24, 2.45) is 5.92 Å². The number of aromatic nitrogens is 1. The van der Waals surface area contributed by atoms with Crippen molar-refractivity contribution in [3.8, 4) is 0 Å². The van der Waals surface area contributed by atoms with Gasteiger partial charge < -0.3 is 0 Å². The Balaban J connectivity index is 1.96. The summed E-state index contributed by atoms with van der Waals surface area (Å²) in [7, 11) is 0. The highest BCUT2D eigenvalue weighted by atomic mass is 14.6. The van der Waals surface area contributed by atoms with Gasteiger partial charge in [0.05, 0.1) is 0 Å². The highest BCUT2D eigenvalue weighted by Gasteiger charge is 2.13. The van der Waals surface area contributed by atoms with Crippen molar-refractivity contribution >= 4 is 0 Å². The molecule has 20 heavy (non-hydrogen) atoms. The van der Waals surface area contributed by atoms with Crippen molar-refractivity contribution in [2.75, 3.05) is 0 Å². The Kier molecular flexibility index (Phi) is 4.59. The highest BCUT2D eigenvalue weighted by molar-refractivity contribution is 5.28. The fourth-order valence-corrected chi connectivity index (χ4v) is 2.54. The van der Waals surface area contributed by atoms with E-state index in [4.69, 9.17) is 0 Å². The maximum absolute atomic E-state index is 4.07. The number of hydrogen-bond donors (Lipinski definition) is 0. The summed E-state index contributed by atoms with van der Waals surface area (Å²) in [6.45, 7) is 9.09. The molecule has 0 spiro atoms. The maximum atomic E-state index is 4.07. The van der Waals surface area contributed by atoms with E-state index in [1.165, 1.54) is 16.7 Å². The van der Waals surface area contributed by atoms with Crippen molar-refractivity contribution in [1.29, 1.82) is 0 Å². The lowest BCUT2D eigenvalue weighted by Gasteiger charge is -2.19. The van der Waals surface area contributed by atoms with Crippen LogP contribution in [0.3, 0.4) is 0 Å². The molecule has 0 radical (unpaired) electrons. The molecule has 2 rings (SSSR count). The lowest BCUT2D eigenvalue weighted by Crippen LogP contribution is -2.11. The first-order valence-corrected chi connectivity index (χ1v) is 7.43. The van der Waals surface area contributed by atoms with Gasteiger partial charge in [0, 0.05) is 12.4 Å². The van der Waals surface area contributed by atoms with Crippen molar-refractivity contribution in [3.63, 3.8) is 0 Å². The second-order valence-electron chi connectivity index (χ2n) is 6.82. The maximum Gasteiger partial charge on any atom is 0.0270 e. The normalized spacial score (nSPS) is 13.2. The Labute approximate surface area is 123 Å². The smallest absolute Gasteiger partial charge is 0.0270 e. The van der Waals surface area contributed by atoms with Crippen LogP contribution in [0, 0.1) is 5.92 Å². The Bertz CT molecular complexity index is 520. The molecule has 1 aromatic heterocycles. The van der Waals surface area contributed by atoms with E-state index in [0.717, 1.165) is 12.8 Å². The van der Waals surface area contributed by atoms with Crippen molar-refractivity contribution in [1.82, 2.24) is 4.98 Å². The van der Waals surface area contributed by atoms with Gasteiger partial charge >= 0.3 is 0 Å². The highest BCUT2D eigenvalue weighted by Crippen LogP contribution is 2.23. The molecule has 1 atom stereocenters. The van der Waals surface area contributed by atoms with Gasteiger partial charge in [-0.1, -0.05) is 52.0 Å². The summed E-state index contributed by atoms with van der Waals surface area (Å²) in [6.07, 6.45) is 6.00. The molecular formula is C19H25N. The molecule has 2 aromatic rings. The van der Waals surface area contributed by atoms with Crippen LogP contribution in [-0.2, 0) is 18.3 Å². The Morgan fingerprint density at radius 1 is 0.850 bits per heavy atom. The molecule has 0 saturated heterocycles. The van der Waals surface area contributed by atoms with Crippen LogP contribution < -0.4 is 0 Å².